The maximum absolute atomic E-state index is 6.08. The van der Waals surface area contributed by atoms with E-state index in [1.807, 2.05) is 0 Å². The van der Waals surface area contributed by atoms with Crippen molar-refractivity contribution in [2.75, 3.05) is 6.54 Å². The minimum absolute atomic E-state index is 0.378. The van der Waals surface area contributed by atoms with E-state index in [-0.39, 0.29) is 0 Å². The first-order valence-electron chi connectivity index (χ1n) is 8.84. The van der Waals surface area contributed by atoms with E-state index in [2.05, 4.69) is 35.9 Å². The third-order valence-electron chi connectivity index (χ3n) is 6.62. The lowest BCUT2D eigenvalue weighted by Gasteiger charge is -2.57. The molecule has 4 bridgehead atoms. The molecule has 0 spiro atoms. The predicted octanol–water partition coefficient (Wildman–Crippen LogP) is 3.51. The Morgan fingerprint density at radius 2 is 1.76 bits per heavy atom. The molecule has 1 unspecified atom stereocenters. The number of rotatable bonds is 4. The van der Waals surface area contributed by atoms with Gasteiger partial charge < -0.3 is 10.3 Å². The van der Waals surface area contributed by atoms with Gasteiger partial charge in [0.1, 0.15) is 0 Å². The van der Waals surface area contributed by atoms with Crippen LogP contribution in [0.5, 0.6) is 0 Å². The van der Waals surface area contributed by atoms with E-state index in [0.29, 0.717) is 17.4 Å². The zero-order valence-electron chi connectivity index (χ0n) is 13.5. The molecular formula is C18H29N3. The molecular weight excluding hydrogens is 258 g/mol. The Labute approximate surface area is 128 Å². The number of nitrogens with zero attached hydrogens (tertiary/aromatic N) is 2. The normalized spacial score (nSPS) is 39.1. The summed E-state index contributed by atoms with van der Waals surface area (Å²) in [6.07, 6.45) is 12.9. The molecule has 3 heteroatoms. The molecule has 0 aromatic carbocycles. The van der Waals surface area contributed by atoms with E-state index >= 15 is 0 Å². The molecule has 2 N–H and O–H groups in total. The van der Waals surface area contributed by atoms with Gasteiger partial charge in [0.2, 0.25) is 0 Å². The molecule has 4 saturated carbocycles. The number of imidazole rings is 1. The maximum atomic E-state index is 6.08. The number of aromatic nitrogens is 2. The van der Waals surface area contributed by atoms with Crippen molar-refractivity contribution in [2.45, 2.75) is 63.8 Å². The van der Waals surface area contributed by atoms with Crippen molar-refractivity contribution >= 4 is 0 Å². The highest BCUT2D eigenvalue weighted by atomic mass is 15.1. The molecule has 4 aliphatic rings. The summed E-state index contributed by atoms with van der Waals surface area (Å²) in [5.41, 5.74) is 7.86. The van der Waals surface area contributed by atoms with Crippen molar-refractivity contribution < 1.29 is 0 Å². The van der Waals surface area contributed by atoms with Crippen molar-refractivity contribution in [3.63, 3.8) is 0 Å². The van der Waals surface area contributed by atoms with E-state index in [1.54, 1.807) is 0 Å². The van der Waals surface area contributed by atoms with E-state index in [4.69, 9.17) is 5.73 Å². The van der Waals surface area contributed by atoms with Crippen LogP contribution in [0.15, 0.2) is 12.5 Å². The zero-order valence-corrected chi connectivity index (χ0v) is 13.5. The largest absolute Gasteiger partial charge is 0.330 e. The molecule has 0 aliphatic heterocycles. The third kappa shape index (κ3) is 2.08. The second-order valence-corrected chi connectivity index (χ2v) is 8.42. The Bertz CT molecular complexity index is 481. The predicted molar refractivity (Wildman–Crippen MR) is 85.0 cm³/mol. The molecule has 0 amide bonds. The van der Waals surface area contributed by atoms with Gasteiger partial charge in [0, 0.05) is 29.9 Å². The average Bonchev–Trinajstić information content (AvgIpc) is 2.87. The van der Waals surface area contributed by atoms with Crippen molar-refractivity contribution in [3.05, 3.63) is 18.2 Å². The summed E-state index contributed by atoms with van der Waals surface area (Å²) in [5.74, 6) is 3.95. The summed E-state index contributed by atoms with van der Waals surface area (Å²) in [7, 11) is 0. The second kappa shape index (κ2) is 4.84. The van der Waals surface area contributed by atoms with Gasteiger partial charge in [0.05, 0.1) is 6.33 Å². The van der Waals surface area contributed by atoms with Gasteiger partial charge >= 0.3 is 0 Å². The molecule has 21 heavy (non-hydrogen) atoms. The van der Waals surface area contributed by atoms with Crippen molar-refractivity contribution in [3.8, 4) is 0 Å². The molecule has 4 aliphatic carbocycles. The minimum atomic E-state index is 0.378. The Hall–Kier alpha value is -0.830. The van der Waals surface area contributed by atoms with Gasteiger partial charge in [0.15, 0.2) is 0 Å². The topological polar surface area (TPSA) is 43.8 Å². The highest BCUT2D eigenvalue weighted by Gasteiger charge is 2.52. The Morgan fingerprint density at radius 1 is 1.19 bits per heavy atom. The molecule has 4 fully saturated rings. The summed E-state index contributed by atoms with van der Waals surface area (Å²) in [4.78, 5) is 4.54. The van der Waals surface area contributed by atoms with Crippen LogP contribution in [0, 0.1) is 23.7 Å². The van der Waals surface area contributed by atoms with Gasteiger partial charge in [-0.05, 0) is 62.2 Å². The first-order valence-corrected chi connectivity index (χ1v) is 8.84. The van der Waals surface area contributed by atoms with Crippen molar-refractivity contribution in [1.29, 1.82) is 0 Å². The Kier molecular flexibility index (Phi) is 3.18. The lowest BCUT2D eigenvalue weighted by Crippen LogP contribution is -2.52. The van der Waals surface area contributed by atoms with Crippen LogP contribution < -0.4 is 5.73 Å². The quantitative estimate of drug-likeness (QED) is 0.921. The van der Waals surface area contributed by atoms with Gasteiger partial charge in [0.25, 0.3) is 0 Å². The smallest absolute Gasteiger partial charge is 0.0953 e. The Balaban J connectivity index is 1.72. The first kappa shape index (κ1) is 13.8. The lowest BCUT2D eigenvalue weighted by atomic mass is 9.53. The van der Waals surface area contributed by atoms with Crippen LogP contribution >= 0.6 is 0 Å². The molecule has 1 aromatic heterocycles. The van der Waals surface area contributed by atoms with Crippen LogP contribution in [0.25, 0.3) is 0 Å². The third-order valence-corrected chi connectivity index (χ3v) is 6.62. The maximum Gasteiger partial charge on any atom is 0.0953 e. The van der Waals surface area contributed by atoms with Gasteiger partial charge in [-0.1, -0.05) is 13.8 Å². The van der Waals surface area contributed by atoms with Crippen LogP contribution in [0.2, 0.25) is 0 Å². The molecule has 1 atom stereocenters. The fraction of sp³-hybridized carbons (Fsp3) is 0.833. The fourth-order valence-corrected chi connectivity index (χ4v) is 6.07. The van der Waals surface area contributed by atoms with Gasteiger partial charge in [-0.25, -0.2) is 4.98 Å². The van der Waals surface area contributed by atoms with E-state index < -0.39 is 0 Å². The molecule has 0 saturated heterocycles. The molecule has 116 valence electrons. The monoisotopic (exact) mass is 287 g/mol. The summed E-state index contributed by atoms with van der Waals surface area (Å²) < 4.78 is 2.58. The zero-order chi connectivity index (χ0) is 14.6. The van der Waals surface area contributed by atoms with Crippen LogP contribution in [0.4, 0.5) is 0 Å². The summed E-state index contributed by atoms with van der Waals surface area (Å²) in [5, 5.41) is 0. The van der Waals surface area contributed by atoms with Crippen LogP contribution in [0.1, 0.15) is 64.0 Å². The SMILES string of the molecule is CC(C)C(CN)c1cncn1C12CC3CC(CC(C3)C1)C2. The van der Waals surface area contributed by atoms with Gasteiger partial charge in [-0.2, -0.15) is 0 Å². The number of hydrogen-bond donors (Lipinski definition) is 1. The summed E-state index contributed by atoms with van der Waals surface area (Å²) in [6.45, 7) is 5.30. The second-order valence-electron chi connectivity index (χ2n) is 8.42. The first-order chi connectivity index (χ1) is 10.1. The van der Waals surface area contributed by atoms with Crippen molar-refractivity contribution in [1.82, 2.24) is 9.55 Å². The van der Waals surface area contributed by atoms with Crippen LogP contribution in [0.3, 0.4) is 0 Å². The standard InChI is InChI=1S/C18H29N3/c1-12(2)16(9-19)17-10-20-11-21(17)18-6-13-3-14(7-18)5-15(4-13)8-18/h10-16H,3-9,19H2,1-2H3. The molecule has 1 aromatic rings. The van der Waals surface area contributed by atoms with Crippen LogP contribution in [-0.2, 0) is 5.54 Å². The highest BCUT2D eigenvalue weighted by molar-refractivity contribution is 5.15. The van der Waals surface area contributed by atoms with Crippen LogP contribution in [-0.4, -0.2) is 16.1 Å². The lowest BCUT2D eigenvalue weighted by molar-refractivity contribution is -0.0449. The van der Waals surface area contributed by atoms with E-state index in [0.717, 1.165) is 24.3 Å². The highest BCUT2D eigenvalue weighted by Crippen LogP contribution is 2.59. The molecule has 5 rings (SSSR count). The molecule has 0 radical (unpaired) electrons. The summed E-state index contributed by atoms with van der Waals surface area (Å²) in [6, 6.07) is 0. The summed E-state index contributed by atoms with van der Waals surface area (Å²) >= 11 is 0. The van der Waals surface area contributed by atoms with E-state index in [1.165, 1.54) is 44.2 Å². The van der Waals surface area contributed by atoms with Gasteiger partial charge in [-0.15, -0.1) is 0 Å². The molecule has 1 heterocycles. The van der Waals surface area contributed by atoms with Crippen molar-refractivity contribution in [2.24, 2.45) is 29.4 Å². The number of nitrogens with two attached hydrogens (primary N) is 1. The van der Waals surface area contributed by atoms with Gasteiger partial charge in [-0.3, -0.25) is 0 Å². The number of hydrogen-bond acceptors (Lipinski definition) is 2. The fourth-order valence-electron chi connectivity index (χ4n) is 6.07. The minimum Gasteiger partial charge on any atom is -0.330 e. The van der Waals surface area contributed by atoms with E-state index in [9.17, 15) is 0 Å². The molecule has 3 nitrogen and oxygen atoms in total. The average molecular weight is 287 g/mol. The Morgan fingerprint density at radius 3 is 2.24 bits per heavy atom.